The summed E-state index contributed by atoms with van der Waals surface area (Å²) in [5, 5.41) is 3.49. The largest absolute Gasteiger partial charge is 0.467 e. The van der Waals surface area contributed by atoms with Crippen molar-refractivity contribution >= 4 is 26.8 Å². The number of aromatic amines is 1. The van der Waals surface area contributed by atoms with Crippen LogP contribution >= 0.6 is 0 Å². The third kappa shape index (κ3) is 4.10. The molecule has 0 saturated carbocycles. The van der Waals surface area contributed by atoms with E-state index in [4.69, 9.17) is 4.42 Å². The molecule has 1 aliphatic rings. The van der Waals surface area contributed by atoms with E-state index in [-0.39, 0.29) is 35.4 Å². The Bertz CT molecular complexity index is 1180. The van der Waals surface area contributed by atoms with Gasteiger partial charge in [-0.2, -0.15) is 4.31 Å². The zero-order chi connectivity index (χ0) is 20.4. The first-order valence-corrected chi connectivity index (χ1v) is 10.8. The van der Waals surface area contributed by atoms with E-state index < -0.39 is 10.0 Å². The number of fused-ring (bicyclic) bond motifs is 1. The molecule has 152 valence electrons. The number of aromatic nitrogens is 1. The first-order chi connectivity index (χ1) is 13.9. The van der Waals surface area contributed by atoms with Crippen LogP contribution in [0.5, 0.6) is 0 Å². The molecule has 0 atom stereocenters. The molecule has 1 aliphatic heterocycles. The number of rotatable bonds is 5. The van der Waals surface area contributed by atoms with Gasteiger partial charge in [-0.25, -0.2) is 8.42 Å². The van der Waals surface area contributed by atoms with Gasteiger partial charge in [-0.15, -0.1) is 0 Å². The summed E-state index contributed by atoms with van der Waals surface area (Å²) in [6.45, 7) is 0.888. The van der Waals surface area contributed by atoms with Gasteiger partial charge >= 0.3 is 0 Å². The number of hydrogen-bond acceptors (Lipinski definition) is 5. The minimum Gasteiger partial charge on any atom is -0.467 e. The Morgan fingerprint density at radius 3 is 2.69 bits per heavy atom. The maximum atomic E-state index is 13.0. The fraction of sp³-hybridized carbons (Fsp3) is 0.300. The van der Waals surface area contributed by atoms with Gasteiger partial charge in [0, 0.05) is 30.6 Å². The van der Waals surface area contributed by atoms with Gasteiger partial charge in [-0.3, -0.25) is 9.59 Å². The van der Waals surface area contributed by atoms with Crippen LogP contribution in [0.4, 0.5) is 0 Å². The van der Waals surface area contributed by atoms with Crippen molar-refractivity contribution in [3.63, 3.8) is 0 Å². The molecule has 3 heterocycles. The Kier molecular flexibility index (Phi) is 5.25. The van der Waals surface area contributed by atoms with Crippen LogP contribution in [0.15, 0.2) is 62.8 Å². The molecule has 1 aromatic carbocycles. The molecule has 0 aliphatic carbocycles. The minimum atomic E-state index is -3.67. The van der Waals surface area contributed by atoms with Gasteiger partial charge in [0.1, 0.15) is 5.76 Å². The number of piperidine rings is 1. The number of H-pyrrole nitrogens is 1. The molecule has 29 heavy (non-hydrogen) atoms. The number of nitrogens with zero attached hydrogens (tertiary/aromatic N) is 1. The smallest absolute Gasteiger partial charge is 0.248 e. The number of benzene rings is 1. The van der Waals surface area contributed by atoms with E-state index in [2.05, 4.69) is 10.3 Å². The van der Waals surface area contributed by atoms with E-state index in [0.717, 1.165) is 0 Å². The first-order valence-electron chi connectivity index (χ1n) is 9.37. The van der Waals surface area contributed by atoms with E-state index >= 15 is 0 Å². The SMILES string of the molecule is O=C(NCc1ccco1)C1CCN(S(=O)(=O)c2ccc3[nH]c(=O)ccc3c2)CC1. The maximum Gasteiger partial charge on any atom is 0.248 e. The molecule has 4 rings (SSSR count). The normalized spacial score (nSPS) is 16.1. The second kappa shape index (κ2) is 7.84. The standard InChI is InChI=1S/C20H21N3O5S/c24-19-6-3-15-12-17(4-5-18(15)22-19)29(26,27)23-9-7-14(8-10-23)20(25)21-13-16-2-1-11-28-16/h1-6,11-12,14H,7-10,13H2,(H,21,25)(H,22,24). The molecular formula is C20H21N3O5S. The van der Waals surface area contributed by atoms with Gasteiger partial charge in [-0.05, 0) is 54.6 Å². The predicted octanol–water partition coefficient (Wildman–Crippen LogP) is 1.84. The van der Waals surface area contributed by atoms with Gasteiger partial charge in [-0.1, -0.05) is 0 Å². The summed E-state index contributed by atoms with van der Waals surface area (Å²) in [5.41, 5.74) is 0.351. The van der Waals surface area contributed by atoms with Crippen LogP contribution < -0.4 is 10.9 Å². The molecule has 0 bridgehead atoms. The topological polar surface area (TPSA) is 112 Å². The molecule has 1 fully saturated rings. The number of nitrogens with one attached hydrogen (secondary N) is 2. The lowest BCUT2D eigenvalue weighted by Gasteiger charge is -2.30. The Morgan fingerprint density at radius 1 is 1.17 bits per heavy atom. The van der Waals surface area contributed by atoms with Crippen LogP contribution in [-0.2, 0) is 21.4 Å². The van der Waals surface area contributed by atoms with Crippen LogP contribution in [0.1, 0.15) is 18.6 Å². The predicted molar refractivity (Wildman–Crippen MR) is 107 cm³/mol. The number of furan rings is 1. The van der Waals surface area contributed by atoms with E-state index in [0.29, 0.717) is 36.0 Å². The van der Waals surface area contributed by atoms with Gasteiger partial charge in [0.2, 0.25) is 21.5 Å². The van der Waals surface area contributed by atoms with Crippen molar-refractivity contribution in [2.24, 2.45) is 5.92 Å². The molecular weight excluding hydrogens is 394 g/mol. The molecule has 0 unspecified atom stereocenters. The molecule has 8 nitrogen and oxygen atoms in total. The van der Waals surface area contributed by atoms with Crippen LogP contribution in [0.2, 0.25) is 0 Å². The minimum absolute atomic E-state index is 0.0897. The van der Waals surface area contributed by atoms with Gasteiger partial charge in [0.25, 0.3) is 0 Å². The molecule has 1 amide bonds. The number of carbonyl (C=O) groups is 1. The van der Waals surface area contributed by atoms with Crippen molar-refractivity contribution in [2.75, 3.05) is 13.1 Å². The molecule has 1 saturated heterocycles. The van der Waals surface area contributed by atoms with E-state index in [1.54, 1.807) is 36.6 Å². The average Bonchev–Trinajstić information content (AvgIpc) is 3.25. The quantitative estimate of drug-likeness (QED) is 0.660. The summed E-state index contributed by atoms with van der Waals surface area (Å²) in [6, 6.07) is 11.2. The van der Waals surface area contributed by atoms with Crippen molar-refractivity contribution < 1.29 is 17.6 Å². The summed E-state index contributed by atoms with van der Waals surface area (Å²) in [7, 11) is -3.67. The van der Waals surface area contributed by atoms with Crippen molar-refractivity contribution in [1.82, 2.24) is 14.6 Å². The zero-order valence-corrected chi connectivity index (χ0v) is 16.4. The highest BCUT2D eigenvalue weighted by Crippen LogP contribution is 2.25. The summed E-state index contributed by atoms with van der Waals surface area (Å²) >= 11 is 0. The lowest BCUT2D eigenvalue weighted by Crippen LogP contribution is -2.42. The van der Waals surface area contributed by atoms with E-state index in [1.807, 2.05) is 0 Å². The van der Waals surface area contributed by atoms with Crippen LogP contribution in [0, 0.1) is 5.92 Å². The molecule has 2 N–H and O–H groups in total. The summed E-state index contributed by atoms with van der Waals surface area (Å²) in [6.07, 6.45) is 2.48. The lowest BCUT2D eigenvalue weighted by molar-refractivity contribution is -0.126. The Morgan fingerprint density at radius 2 is 1.97 bits per heavy atom. The van der Waals surface area contributed by atoms with Gasteiger partial charge < -0.3 is 14.7 Å². The third-order valence-electron chi connectivity index (χ3n) is 5.17. The summed E-state index contributed by atoms with van der Waals surface area (Å²) in [4.78, 5) is 26.6. The maximum absolute atomic E-state index is 13.0. The van der Waals surface area contributed by atoms with Crippen molar-refractivity contribution in [2.45, 2.75) is 24.3 Å². The molecule has 0 radical (unpaired) electrons. The van der Waals surface area contributed by atoms with Gasteiger partial charge in [0.05, 0.1) is 17.7 Å². The monoisotopic (exact) mass is 415 g/mol. The van der Waals surface area contributed by atoms with Crippen LogP contribution in [0.25, 0.3) is 10.9 Å². The van der Waals surface area contributed by atoms with Crippen LogP contribution in [0.3, 0.4) is 0 Å². The highest BCUT2D eigenvalue weighted by molar-refractivity contribution is 7.89. The average molecular weight is 415 g/mol. The van der Waals surface area contributed by atoms with E-state index in [9.17, 15) is 18.0 Å². The Hall–Kier alpha value is -2.91. The fourth-order valence-electron chi connectivity index (χ4n) is 3.53. The number of carbonyl (C=O) groups excluding carboxylic acids is 1. The Balaban J connectivity index is 1.41. The molecule has 2 aromatic heterocycles. The van der Waals surface area contributed by atoms with Crippen molar-refractivity contribution in [3.05, 3.63) is 64.8 Å². The number of hydrogen-bond donors (Lipinski definition) is 2. The van der Waals surface area contributed by atoms with Crippen LogP contribution in [-0.4, -0.2) is 36.7 Å². The number of pyridine rings is 1. The molecule has 0 spiro atoms. The summed E-state index contributed by atoms with van der Waals surface area (Å²) < 4.78 is 32.6. The van der Waals surface area contributed by atoms with E-state index in [1.165, 1.54) is 16.4 Å². The second-order valence-electron chi connectivity index (χ2n) is 7.05. The molecule has 9 heteroatoms. The lowest BCUT2D eigenvalue weighted by atomic mass is 9.97. The highest BCUT2D eigenvalue weighted by atomic mass is 32.2. The Labute approximate surface area is 167 Å². The van der Waals surface area contributed by atoms with Gasteiger partial charge in [0.15, 0.2) is 0 Å². The first kappa shape index (κ1) is 19.4. The summed E-state index contributed by atoms with van der Waals surface area (Å²) in [5.74, 6) is 0.363. The molecule has 3 aromatic rings. The number of sulfonamides is 1. The van der Waals surface area contributed by atoms with Crippen molar-refractivity contribution in [1.29, 1.82) is 0 Å². The number of amides is 1. The second-order valence-corrected chi connectivity index (χ2v) is 8.99. The fourth-order valence-corrected chi connectivity index (χ4v) is 5.04. The zero-order valence-electron chi connectivity index (χ0n) is 15.6. The third-order valence-corrected chi connectivity index (χ3v) is 7.07. The van der Waals surface area contributed by atoms with Crippen molar-refractivity contribution in [3.8, 4) is 0 Å². The highest BCUT2D eigenvalue weighted by Gasteiger charge is 2.32.